The standard InChI is InChI=1S/C10H24N2/c1-4-6-7-8-12(5-2)9-10(3)11/h10H,4-9,11H2,1-3H3. The third-order valence-electron chi connectivity index (χ3n) is 2.07. The van der Waals surface area contributed by atoms with Crippen molar-refractivity contribution < 1.29 is 0 Å². The van der Waals surface area contributed by atoms with E-state index in [1.807, 2.05) is 0 Å². The van der Waals surface area contributed by atoms with Crippen LogP contribution in [0.3, 0.4) is 0 Å². The molecule has 1 unspecified atom stereocenters. The van der Waals surface area contributed by atoms with Gasteiger partial charge in [-0.15, -0.1) is 0 Å². The van der Waals surface area contributed by atoms with Crippen LogP contribution >= 0.6 is 0 Å². The fourth-order valence-corrected chi connectivity index (χ4v) is 1.37. The summed E-state index contributed by atoms with van der Waals surface area (Å²) < 4.78 is 0. The summed E-state index contributed by atoms with van der Waals surface area (Å²) in [7, 11) is 0. The molecule has 0 fully saturated rings. The molecule has 2 heteroatoms. The van der Waals surface area contributed by atoms with E-state index in [0.717, 1.165) is 13.1 Å². The molecule has 1 atom stereocenters. The number of likely N-dealkylation sites (N-methyl/N-ethyl adjacent to an activating group) is 1. The Morgan fingerprint density at radius 3 is 2.33 bits per heavy atom. The van der Waals surface area contributed by atoms with Gasteiger partial charge in [0.05, 0.1) is 0 Å². The van der Waals surface area contributed by atoms with E-state index in [2.05, 4.69) is 25.7 Å². The minimum atomic E-state index is 0.312. The fraction of sp³-hybridized carbons (Fsp3) is 1.00. The number of rotatable bonds is 7. The van der Waals surface area contributed by atoms with Gasteiger partial charge in [-0.25, -0.2) is 0 Å². The summed E-state index contributed by atoms with van der Waals surface area (Å²) in [6, 6.07) is 0.312. The molecule has 0 spiro atoms. The highest BCUT2D eigenvalue weighted by atomic mass is 15.1. The quantitative estimate of drug-likeness (QED) is 0.594. The molecule has 0 aromatic carbocycles. The van der Waals surface area contributed by atoms with Crippen molar-refractivity contribution in [2.24, 2.45) is 5.73 Å². The van der Waals surface area contributed by atoms with Gasteiger partial charge in [0.15, 0.2) is 0 Å². The van der Waals surface area contributed by atoms with Gasteiger partial charge in [0.1, 0.15) is 0 Å². The van der Waals surface area contributed by atoms with Gasteiger partial charge in [0, 0.05) is 12.6 Å². The molecule has 0 saturated heterocycles. The lowest BCUT2D eigenvalue weighted by Crippen LogP contribution is -2.36. The third kappa shape index (κ3) is 6.62. The molecule has 0 aliphatic rings. The van der Waals surface area contributed by atoms with Gasteiger partial charge < -0.3 is 10.6 Å². The average molecular weight is 172 g/mol. The zero-order chi connectivity index (χ0) is 9.40. The van der Waals surface area contributed by atoms with E-state index in [1.165, 1.54) is 25.8 Å². The molecule has 0 aromatic rings. The Bertz CT molecular complexity index is 91.8. The smallest absolute Gasteiger partial charge is 0.0139 e. The molecular formula is C10H24N2. The molecule has 12 heavy (non-hydrogen) atoms. The zero-order valence-corrected chi connectivity index (χ0v) is 8.84. The molecule has 0 radical (unpaired) electrons. The van der Waals surface area contributed by atoms with Gasteiger partial charge in [0.25, 0.3) is 0 Å². The van der Waals surface area contributed by atoms with E-state index < -0.39 is 0 Å². The van der Waals surface area contributed by atoms with Crippen LogP contribution in [0, 0.1) is 0 Å². The molecule has 0 amide bonds. The van der Waals surface area contributed by atoms with Gasteiger partial charge in [0.2, 0.25) is 0 Å². The molecule has 0 heterocycles. The van der Waals surface area contributed by atoms with Crippen molar-refractivity contribution in [1.29, 1.82) is 0 Å². The second kappa shape index (κ2) is 7.56. The van der Waals surface area contributed by atoms with Crippen molar-refractivity contribution in [2.75, 3.05) is 19.6 Å². The molecule has 0 rings (SSSR count). The van der Waals surface area contributed by atoms with Crippen molar-refractivity contribution in [3.8, 4) is 0 Å². The highest BCUT2D eigenvalue weighted by Crippen LogP contribution is 1.98. The van der Waals surface area contributed by atoms with Crippen molar-refractivity contribution in [1.82, 2.24) is 4.90 Å². The first-order valence-electron chi connectivity index (χ1n) is 5.18. The molecule has 0 aliphatic carbocycles. The van der Waals surface area contributed by atoms with Gasteiger partial charge in [-0.2, -0.15) is 0 Å². The van der Waals surface area contributed by atoms with Crippen LogP contribution in [-0.4, -0.2) is 30.6 Å². The molecule has 0 aromatic heterocycles. The second-order valence-corrected chi connectivity index (χ2v) is 3.58. The maximum absolute atomic E-state index is 5.73. The first-order chi connectivity index (χ1) is 5.70. The topological polar surface area (TPSA) is 29.3 Å². The summed E-state index contributed by atoms with van der Waals surface area (Å²) in [6.45, 7) is 9.90. The van der Waals surface area contributed by atoms with Crippen LogP contribution in [0.4, 0.5) is 0 Å². The Morgan fingerprint density at radius 1 is 1.25 bits per heavy atom. The molecule has 2 N–H and O–H groups in total. The lowest BCUT2D eigenvalue weighted by atomic mass is 10.2. The largest absolute Gasteiger partial charge is 0.327 e. The minimum absolute atomic E-state index is 0.312. The minimum Gasteiger partial charge on any atom is -0.327 e. The Morgan fingerprint density at radius 2 is 1.92 bits per heavy atom. The number of unbranched alkanes of at least 4 members (excludes halogenated alkanes) is 2. The lowest BCUT2D eigenvalue weighted by Gasteiger charge is -2.21. The van der Waals surface area contributed by atoms with Crippen LogP contribution in [0.1, 0.15) is 40.0 Å². The number of nitrogens with zero attached hydrogens (tertiary/aromatic N) is 1. The first-order valence-corrected chi connectivity index (χ1v) is 5.18. The predicted molar refractivity (Wildman–Crippen MR) is 55.3 cm³/mol. The van der Waals surface area contributed by atoms with Crippen LogP contribution < -0.4 is 5.73 Å². The monoisotopic (exact) mass is 172 g/mol. The number of hydrogen-bond donors (Lipinski definition) is 1. The average Bonchev–Trinajstić information content (AvgIpc) is 2.02. The van der Waals surface area contributed by atoms with E-state index in [4.69, 9.17) is 5.73 Å². The predicted octanol–water partition coefficient (Wildman–Crippen LogP) is 1.85. The summed E-state index contributed by atoms with van der Waals surface area (Å²) in [6.07, 6.45) is 3.96. The van der Waals surface area contributed by atoms with Crippen LogP contribution in [0.5, 0.6) is 0 Å². The van der Waals surface area contributed by atoms with E-state index in [0.29, 0.717) is 6.04 Å². The maximum atomic E-state index is 5.73. The molecule has 74 valence electrons. The summed E-state index contributed by atoms with van der Waals surface area (Å²) in [5, 5.41) is 0. The Kier molecular flexibility index (Phi) is 7.51. The summed E-state index contributed by atoms with van der Waals surface area (Å²) in [5.74, 6) is 0. The van der Waals surface area contributed by atoms with E-state index in [9.17, 15) is 0 Å². The van der Waals surface area contributed by atoms with E-state index in [1.54, 1.807) is 0 Å². The molecule has 0 aliphatic heterocycles. The molecule has 0 bridgehead atoms. The zero-order valence-electron chi connectivity index (χ0n) is 8.84. The van der Waals surface area contributed by atoms with Crippen LogP contribution in [-0.2, 0) is 0 Å². The van der Waals surface area contributed by atoms with Gasteiger partial charge in [-0.3, -0.25) is 0 Å². The Labute approximate surface area is 77.1 Å². The van der Waals surface area contributed by atoms with Crippen LogP contribution in [0.25, 0.3) is 0 Å². The van der Waals surface area contributed by atoms with Gasteiger partial charge in [-0.1, -0.05) is 26.7 Å². The summed E-state index contributed by atoms with van der Waals surface area (Å²) in [4.78, 5) is 2.43. The SMILES string of the molecule is CCCCCN(CC)CC(C)N. The third-order valence-corrected chi connectivity index (χ3v) is 2.07. The number of hydrogen-bond acceptors (Lipinski definition) is 2. The highest BCUT2D eigenvalue weighted by Gasteiger charge is 2.03. The molecule has 0 saturated carbocycles. The van der Waals surface area contributed by atoms with Crippen molar-refractivity contribution in [2.45, 2.75) is 46.1 Å². The number of nitrogens with two attached hydrogens (primary N) is 1. The Hall–Kier alpha value is -0.0800. The first kappa shape index (κ1) is 11.9. The van der Waals surface area contributed by atoms with Crippen molar-refractivity contribution in [3.05, 3.63) is 0 Å². The Balaban J connectivity index is 3.39. The normalized spacial score (nSPS) is 13.8. The molecular weight excluding hydrogens is 148 g/mol. The van der Waals surface area contributed by atoms with Crippen LogP contribution in [0.15, 0.2) is 0 Å². The lowest BCUT2D eigenvalue weighted by molar-refractivity contribution is 0.268. The van der Waals surface area contributed by atoms with E-state index >= 15 is 0 Å². The molecule has 2 nitrogen and oxygen atoms in total. The maximum Gasteiger partial charge on any atom is 0.0139 e. The van der Waals surface area contributed by atoms with Crippen LogP contribution in [0.2, 0.25) is 0 Å². The summed E-state index contributed by atoms with van der Waals surface area (Å²) in [5.41, 5.74) is 5.73. The van der Waals surface area contributed by atoms with Crippen molar-refractivity contribution >= 4 is 0 Å². The fourth-order valence-electron chi connectivity index (χ4n) is 1.37. The van der Waals surface area contributed by atoms with E-state index in [-0.39, 0.29) is 0 Å². The van der Waals surface area contributed by atoms with Gasteiger partial charge in [-0.05, 0) is 26.4 Å². The van der Waals surface area contributed by atoms with Crippen molar-refractivity contribution in [3.63, 3.8) is 0 Å². The second-order valence-electron chi connectivity index (χ2n) is 3.58. The van der Waals surface area contributed by atoms with Gasteiger partial charge >= 0.3 is 0 Å². The summed E-state index contributed by atoms with van der Waals surface area (Å²) >= 11 is 0. The highest BCUT2D eigenvalue weighted by molar-refractivity contribution is 4.62.